The minimum atomic E-state index is -0.147. The Hall–Kier alpha value is -2.08. The van der Waals surface area contributed by atoms with Gasteiger partial charge in [0.1, 0.15) is 5.75 Å². The topological polar surface area (TPSA) is 53.6 Å². The van der Waals surface area contributed by atoms with E-state index < -0.39 is 0 Å². The molecule has 1 amide bonds. The van der Waals surface area contributed by atoms with Gasteiger partial charge in [0, 0.05) is 37.2 Å². The lowest BCUT2D eigenvalue weighted by molar-refractivity contribution is -0.125. The van der Waals surface area contributed by atoms with Crippen molar-refractivity contribution in [2.24, 2.45) is 0 Å². The van der Waals surface area contributed by atoms with Gasteiger partial charge in [-0.2, -0.15) is 0 Å². The van der Waals surface area contributed by atoms with E-state index in [0.29, 0.717) is 6.54 Å². The van der Waals surface area contributed by atoms with Crippen molar-refractivity contribution < 1.29 is 9.53 Å². The molecule has 162 valence electrons. The molecule has 0 radical (unpaired) electrons. The van der Waals surface area contributed by atoms with Crippen LogP contribution in [0.25, 0.3) is 0 Å². The largest absolute Gasteiger partial charge is 0.497 e. The Morgan fingerprint density at radius 2 is 1.97 bits per heavy atom. The van der Waals surface area contributed by atoms with Crippen molar-refractivity contribution in [3.05, 3.63) is 64.7 Å². The zero-order valence-corrected chi connectivity index (χ0v) is 18.6. The minimum absolute atomic E-state index is 0.115. The van der Waals surface area contributed by atoms with Crippen LogP contribution in [-0.4, -0.2) is 43.1 Å². The van der Waals surface area contributed by atoms with Gasteiger partial charge in [-0.1, -0.05) is 55.3 Å². The third kappa shape index (κ3) is 6.21. The summed E-state index contributed by atoms with van der Waals surface area (Å²) >= 11 is 6.38. The molecule has 1 aliphatic rings. The lowest BCUT2D eigenvalue weighted by Crippen LogP contribution is -2.43. The second-order valence-corrected chi connectivity index (χ2v) is 8.25. The number of carbonyl (C=O) groups excluding carboxylic acids is 1. The number of carbonyl (C=O) groups is 1. The van der Waals surface area contributed by atoms with Gasteiger partial charge in [-0.3, -0.25) is 9.69 Å². The maximum atomic E-state index is 12.9. The van der Waals surface area contributed by atoms with Crippen molar-refractivity contribution >= 4 is 17.5 Å². The smallest absolute Gasteiger partial charge is 0.237 e. The molecule has 3 rings (SSSR count). The van der Waals surface area contributed by atoms with Crippen LogP contribution in [0.3, 0.4) is 0 Å². The average molecular weight is 430 g/mol. The van der Waals surface area contributed by atoms with Crippen molar-refractivity contribution in [3.63, 3.8) is 0 Å². The molecule has 1 fully saturated rings. The summed E-state index contributed by atoms with van der Waals surface area (Å²) in [6.45, 7) is 5.11. The summed E-state index contributed by atoms with van der Waals surface area (Å²) in [4.78, 5) is 15.1. The van der Waals surface area contributed by atoms with Crippen molar-refractivity contribution in [1.82, 2.24) is 15.5 Å². The summed E-state index contributed by atoms with van der Waals surface area (Å²) in [6, 6.07) is 16.0. The first-order valence-electron chi connectivity index (χ1n) is 10.7. The van der Waals surface area contributed by atoms with Crippen LogP contribution in [-0.2, 0) is 17.9 Å². The second kappa shape index (κ2) is 11.3. The van der Waals surface area contributed by atoms with Crippen LogP contribution >= 0.6 is 11.6 Å². The minimum Gasteiger partial charge on any atom is -0.497 e. The van der Waals surface area contributed by atoms with Crippen LogP contribution < -0.4 is 15.4 Å². The molecule has 0 bridgehead atoms. The molecule has 2 N–H and O–H groups in total. The van der Waals surface area contributed by atoms with Crippen LogP contribution in [0.5, 0.6) is 5.75 Å². The molecule has 1 saturated heterocycles. The molecule has 0 spiro atoms. The second-order valence-electron chi connectivity index (χ2n) is 7.84. The fourth-order valence-electron chi connectivity index (χ4n) is 3.86. The van der Waals surface area contributed by atoms with Gasteiger partial charge >= 0.3 is 0 Å². The number of halogens is 1. The van der Waals surface area contributed by atoms with Crippen LogP contribution in [0.2, 0.25) is 5.02 Å². The Morgan fingerprint density at radius 3 is 2.67 bits per heavy atom. The van der Waals surface area contributed by atoms with Gasteiger partial charge < -0.3 is 15.4 Å². The van der Waals surface area contributed by atoms with Gasteiger partial charge in [-0.15, -0.1) is 0 Å². The van der Waals surface area contributed by atoms with Gasteiger partial charge in [0.2, 0.25) is 5.91 Å². The first-order chi connectivity index (χ1) is 14.6. The highest BCUT2D eigenvalue weighted by Gasteiger charge is 2.36. The van der Waals surface area contributed by atoms with Crippen molar-refractivity contribution in [3.8, 4) is 5.75 Å². The molecule has 0 aromatic heterocycles. The van der Waals surface area contributed by atoms with Gasteiger partial charge in [-0.05, 0) is 42.2 Å². The molecular formula is C24H32ClN3O2. The van der Waals surface area contributed by atoms with Crippen LogP contribution in [0.1, 0.15) is 37.3 Å². The van der Waals surface area contributed by atoms with E-state index in [2.05, 4.69) is 34.6 Å². The predicted molar refractivity (Wildman–Crippen MR) is 122 cm³/mol. The molecule has 5 nitrogen and oxygen atoms in total. The summed E-state index contributed by atoms with van der Waals surface area (Å²) in [6.07, 6.45) is 2.86. The first-order valence-corrected chi connectivity index (χ1v) is 11.1. The number of hydrogen-bond acceptors (Lipinski definition) is 4. The number of hydrogen-bond donors (Lipinski definition) is 2. The number of likely N-dealkylation sites (tertiary alicyclic amines) is 1. The van der Waals surface area contributed by atoms with Crippen LogP contribution in [0.15, 0.2) is 48.5 Å². The third-order valence-electron chi connectivity index (χ3n) is 5.62. The van der Waals surface area contributed by atoms with Crippen molar-refractivity contribution in [2.75, 3.05) is 20.2 Å². The number of rotatable bonds is 10. The average Bonchev–Trinajstić information content (AvgIpc) is 3.17. The molecule has 6 heteroatoms. The third-order valence-corrected chi connectivity index (χ3v) is 5.99. The highest BCUT2D eigenvalue weighted by Crippen LogP contribution is 2.25. The highest BCUT2D eigenvalue weighted by atomic mass is 35.5. The zero-order chi connectivity index (χ0) is 21.3. The maximum Gasteiger partial charge on any atom is 0.237 e. The molecule has 0 saturated carbocycles. The Kier molecular flexibility index (Phi) is 8.55. The van der Waals surface area contributed by atoms with Crippen LogP contribution in [0, 0.1) is 0 Å². The van der Waals surface area contributed by atoms with E-state index in [1.807, 2.05) is 36.4 Å². The number of nitrogens with zero attached hydrogens (tertiary/aromatic N) is 1. The summed E-state index contributed by atoms with van der Waals surface area (Å²) < 4.78 is 5.23. The summed E-state index contributed by atoms with van der Waals surface area (Å²) in [7, 11) is 1.67. The quantitative estimate of drug-likeness (QED) is 0.560. The van der Waals surface area contributed by atoms with Gasteiger partial charge in [-0.25, -0.2) is 0 Å². The first kappa shape index (κ1) is 22.6. The van der Waals surface area contributed by atoms with Gasteiger partial charge in [0.25, 0.3) is 0 Å². The molecular weight excluding hydrogens is 398 g/mol. The standard InChI is InChI=1S/C24H32ClN3O2/c1-3-4-13-26-24(29)23-14-20(27-15-18-9-11-21(30-2)12-10-18)17-28(23)16-19-7-5-6-8-22(19)25/h5-12,20,23,27H,3-4,13-17H2,1-2H3,(H,26,29). The summed E-state index contributed by atoms with van der Waals surface area (Å²) in [5, 5.41) is 7.48. The maximum absolute atomic E-state index is 12.9. The van der Waals surface area contributed by atoms with E-state index in [1.54, 1.807) is 7.11 Å². The predicted octanol–water partition coefficient (Wildman–Crippen LogP) is 4.00. The van der Waals surface area contributed by atoms with E-state index in [0.717, 1.165) is 55.2 Å². The molecule has 30 heavy (non-hydrogen) atoms. The summed E-state index contributed by atoms with van der Waals surface area (Å²) in [5.41, 5.74) is 2.26. The molecule has 2 aromatic carbocycles. The number of ether oxygens (including phenoxy) is 1. The lowest BCUT2D eigenvalue weighted by atomic mass is 10.1. The zero-order valence-electron chi connectivity index (χ0n) is 17.9. The number of unbranched alkanes of at least 4 members (excludes halogenated alkanes) is 1. The number of methoxy groups -OCH3 is 1. The normalized spacial score (nSPS) is 19.0. The van der Waals surface area contributed by atoms with E-state index >= 15 is 0 Å². The lowest BCUT2D eigenvalue weighted by Gasteiger charge is -2.24. The molecule has 2 unspecified atom stereocenters. The Balaban J connectivity index is 1.63. The van der Waals surface area contributed by atoms with Crippen molar-refractivity contribution in [1.29, 1.82) is 0 Å². The number of nitrogens with one attached hydrogen (secondary N) is 2. The van der Waals surface area contributed by atoms with E-state index in [9.17, 15) is 4.79 Å². The molecule has 1 aliphatic heterocycles. The van der Waals surface area contributed by atoms with E-state index in [4.69, 9.17) is 16.3 Å². The molecule has 2 aromatic rings. The Bertz CT molecular complexity index is 812. The monoisotopic (exact) mass is 429 g/mol. The number of amides is 1. The Labute approximate surface area is 184 Å². The van der Waals surface area contributed by atoms with Gasteiger partial charge in [0.05, 0.1) is 13.2 Å². The van der Waals surface area contributed by atoms with Crippen molar-refractivity contribution in [2.45, 2.75) is 51.4 Å². The van der Waals surface area contributed by atoms with Gasteiger partial charge in [0.15, 0.2) is 0 Å². The van der Waals surface area contributed by atoms with Crippen LogP contribution in [0.4, 0.5) is 0 Å². The van der Waals surface area contributed by atoms with E-state index in [-0.39, 0.29) is 18.0 Å². The molecule has 0 aliphatic carbocycles. The highest BCUT2D eigenvalue weighted by molar-refractivity contribution is 6.31. The SMILES string of the molecule is CCCCNC(=O)C1CC(NCc2ccc(OC)cc2)CN1Cc1ccccc1Cl. The fourth-order valence-corrected chi connectivity index (χ4v) is 4.05. The summed E-state index contributed by atoms with van der Waals surface area (Å²) in [5.74, 6) is 0.971. The molecule has 2 atom stereocenters. The Morgan fingerprint density at radius 1 is 1.20 bits per heavy atom. The number of benzene rings is 2. The molecule has 1 heterocycles. The fraction of sp³-hybridized carbons (Fsp3) is 0.458. The van der Waals surface area contributed by atoms with E-state index in [1.165, 1.54) is 5.56 Å².